The Kier molecular flexibility index (Phi) is 2.14. The molecule has 2 atom stereocenters. The van der Waals surface area contributed by atoms with Gasteiger partial charge in [-0.15, -0.1) is 11.3 Å². The molecule has 2 rings (SSSR count). The van der Waals surface area contributed by atoms with Gasteiger partial charge in [-0.2, -0.15) is 0 Å². The van der Waals surface area contributed by atoms with Gasteiger partial charge in [-0.3, -0.25) is 5.26 Å². The fraction of sp³-hybridized carbons (Fsp3) is 0.500. The first-order valence-electron chi connectivity index (χ1n) is 3.96. The first-order valence-corrected chi connectivity index (χ1v) is 4.84. The van der Waals surface area contributed by atoms with E-state index in [2.05, 4.69) is 4.89 Å². The maximum Gasteiger partial charge on any atom is 0.127 e. The Morgan fingerprint density at radius 1 is 1.58 bits per heavy atom. The summed E-state index contributed by atoms with van der Waals surface area (Å²) in [5, 5.41) is 10.6. The maximum atomic E-state index is 8.61. The van der Waals surface area contributed by atoms with Gasteiger partial charge in [0.05, 0.1) is 0 Å². The van der Waals surface area contributed by atoms with Crippen molar-refractivity contribution in [1.29, 1.82) is 0 Å². The van der Waals surface area contributed by atoms with Crippen LogP contribution in [0.4, 0.5) is 0 Å². The van der Waals surface area contributed by atoms with Crippen LogP contribution in [0.15, 0.2) is 11.4 Å². The summed E-state index contributed by atoms with van der Waals surface area (Å²) in [6.07, 6.45) is 1.54. The highest BCUT2D eigenvalue weighted by Gasteiger charge is 2.26. The number of rotatable bonds is 1. The molecule has 0 spiro atoms. The van der Waals surface area contributed by atoms with Gasteiger partial charge in [-0.1, -0.05) is 0 Å². The molecule has 2 unspecified atom stereocenters. The summed E-state index contributed by atoms with van der Waals surface area (Å²) in [5.41, 5.74) is 7.01. The van der Waals surface area contributed by atoms with Gasteiger partial charge in [-0.25, -0.2) is 4.89 Å². The number of thiophene rings is 1. The van der Waals surface area contributed by atoms with Crippen molar-refractivity contribution in [2.75, 3.05) is 0 Å². The minimum atomic E-state index is -0.153. The maximum absolute atomic E-state index is 8.61. The van der Waals surface area contributed by atoms with Crippen molar-refractivity contribution in [3.63, 3.8) is 0 Å². The predicted octanol–water partition coefficient (Wildman–Crippen LogP) is 2.07. The quantitative estimate of drug-likeness (QED) is 0.520. The van der Waals surface area contributed by atoms with Crippen molar-refractivity contribution in [1.82, 2.24) is 0 Å². The van der Waals surface area contributed by atoms with Crippen molar-refractivity contribution in [2.24, 2.45) is 5.73 Å². The van der Waals surface area contributed by atoms with Crippen molar-refractivity contribution in [3.8, 4) is 0 Å². The molecule has 0 saturated carbocycles. The largest absolute Gasteiger partial charge is 0.324 e. The zero-order valence-corrected chi connectivity index (χ0v) is 7.38. The van der Waals surface area contributed by atoms with E-state index in [0.29, 0.717) is 0 Å². The first-order chi connectivity index (χ1) is 5.83. The van der Waals surface area contributed by atoms with E-state index >= 15 is 0 Å². The van der Waals surface area contributed by atoms with Crippen molar-refractivity contribution < 1.29 is 10.1 Å². The lowest BCUT2D eigenvalue weighted by Gasteiger charge is -2.23. The van der Waals surface area contributed by atoms with Gasteiger partial charge >= 0.3 is 0 Å². The molecule has 4 heteroatoms. The van der Waals surface area contributed by atoms with Gasteiger partial charge < -0.3 is 5.73 Å². The van der Waals surface area contributed by atoms with Crippen LogP contribution in [0.1, 0.15) is 35.4 Å². The van der Waals surface area contributed by atoms with E-state index in [1.807, 2.05) is 11.4 Å². The Labute approximate surface area is 74.7 Å². The molecule has 1 heterocycles. The van der Waals surface area contributed by atoms with Crippen LogP contribution in [-0.4, -0.2) is 5.26 Å². The van der Waals surface area contributed by atoms with Gasteiger partial charge in [0.2, 0.25) is 0 Å². The third kappa shape index (κ3) is 1.17. The topological polar surface area (TPSA) is 55.5 Å². The minimum absolute atomic E-state index is 0.123. The second kappa shape index (κ2) is 3.14. The summed E-state index contributed by atoms with van der Waals surface area (Å²) in [7, 11) is 0. The van der Waals surface area contributed by atoms with Gasteiger partial charge in [0.1, 0.15) is 6.10 Å². The first kappa shape index (κ1) is 8.19. The van der Waals surface area contributed by atoms with E-state index in [0.717, 1.165) is 23.3 Å². The lowest BCUT2D eigenvalue weighted by Crippen LogP contribution is -2.19. The second-order valence-electron chi connectivity index (χ2n) is 3.02. The van der Waals surface area contributed by atoms with Crippen LogP contribution in [-0.2, 0) is 4.89 Å². The molecule has 1 aromatic rings. The average Bonchev–Trinajstić information content (AvgIpc) is 2.54. The van der Waals surface area contributed by atoms with Gasteiger partial charge in [0.15, 0.2) is 0 Å². The highest BCUT2D eigenvalue weighted by molar-refractivity contribution is 7.10. The molecule has 3 N–H and O–H groups in total. The fourth-order valence-electron chi connectivity index (χ4n) is 1.62. The third-order valence-corrected chi connectivity index (χ3v) is 3.31. The summed E-state index contributed by atoms with van der Waals surface area (Å²) in [4.78, 5) is 5.46. The smallest absolute Gasteiger partial charge is 0.127 e. The van der Waals surface area contributed by atoms with Crippen LogP contribution in [0.5, 0.6) is 0 Å². The van der Waals surface area contributed by atoms with Crippen LogP contribution in [0.25, 0.3) is 0 Å². The zero-order chi connectivity index (χ0) is 8.55. The molecular weight excluding hydrogens is 174 g/mol. The second-order valence-corrected chi connectivity index (χ2v) is 3.97. The Morgan fingerprint density at radius 2 is 2.42 bits per heavy atom. The molecule has 0 fully saturated rings. The monoisotopic (exact) mass is 185 g/mol. The number of fused-ring (bicyclic) bond motifs is 1. The molecule has 1 aromatic heterocycles. The summed E-state index contributed by atoms with van der Waals surface area (Å²) in [6.45, 7) is 0. The molecule has 0 saturated heterocycles. The SMILES string of the molecule is NC1CCC(OO)c2sccc21. The molecule has 3 nitrogen and oxygen atoms in total. The minimum Gasteiger partial charge on any atom is -0.324 e. The van der Waals surface area contributed by atoms with E-state index in [1.54, 1.807) is 11.3 Å². The zero-order valence-electron chi connectivity index (χ0n) is 6.56. The molecule has 12 heavy (non-hydrogen) atoms. The van der Waals surface area contributed by atoms with Crippen LogP contribution < -0.4 is 5.73 Å². The van der Waals surface area contributed by atoms with E-state index < -0.39 is 0 Å². The number of hydrogen-bond donors (Lipinski definition) is 2. The Bertz CT molecular complexity index is 274. The fourth-order valence-corrected chi connectivity index (χ4v) is 2.65. The van der Waals surface area contributed by atoms with Gasteiger partial charge in [0.25, 0.3) is 0 Å². The highest BCUT2D eigenvalue weighted by atomic mass is 32.1. The number of nitrogens with two attached hydrogens (primary N) is 1. The normalized spacial score (nSPS) is 28.5. The van der Waals surface area contributed by atoms with Gasteiger partial charge in [0, 0.05) is 10.9 Å². The van der Waals surface area contributed by atoms with E-state index in [4.69, 9.17) is 11.0 Å². The molecule has 0 amide bonds. The summed E-state index contributed by atoms with van der Waals surface area (Å²) < 4.78 is 0. The van der Waals surface area contributed by atoms with E-state index in [9.17, 15) is 0 Å². The predicted molar refractivity (Wildman–Crippen MR) is 46.9 cm³/mol. The van der Waals surface area contributed by atoms with Crippen LogP contribution >= 0.6 is 11.3 Å². The van der Waals surface area contributed by atoms with Crippen LogP contribution in [0.3, 0.4) is 0 Å². The number of hydrogen-bond acceptors (Lipinski definition) is 4. The molecule has 0 aliphatic heterocycles. The Balaban J connectivity index is 2.36. The average molecular weight is 185 g/mol. The summed E-state index contributed by atoms with van der Waals surface area (Å²) >= 11 is 1.60. The third-order valence-electron chi connectivity index (χ3n) is 2.29. The molecule has 0 bridgehead atoms. The highest BCUT2D eigenvalue weighted by Crippen LogP contribution is 2.39. The summed E-state index contributed by atoms with van der Waals surface area (Å²) in [6, 6.07) is 2.13. The van der Waals surface area contributed by atoms with E-state index in [1.165, 1.54) is 0 Å². The van der Waals surface area contributed by atoms with Crippen LogP contribution in [0.2, 0.25) is 0 Å². The van der Waals surface area contributed by atoms with Crippen molar-refractivity contribution in [2.45, 2.75) is 25.0 Å². The molecule has 0 radical (unpaired) electrons. The Morgan fingerprint density at radius 3 is 3.17 bits per heavy atom. The van der Waals surface area contributed by atoms with Crippen LogP contribution in [0, 0.1) is 0 Å². The Hall–Kier alpha value is -0.420. The standard InChI is InChI=1S/C8H11NO2S/c9-6-1-2-7(11-10)8-5(6)3-4-12-8/h3-4,6-7,10H,1-2,9H2. The molecule has 66 valence electrons. The lowest BCUT2D eigenvalue weighted by atomic mass is 9.93. The molecule has 1 aliphatic carbocycles. The molecular formula is C8H11NO2S. The lowest BCUT2D eigenvalue weighted by molar-refractivity contribution is -0.284. The van der Waals surface area contributed by atoms with E-state index in [-0.39, 0.29) is 12.1 Å². The molecule has 0 aromatic carbocycles. The molecule has 1 aliphatic rings. The van der Waals surface area contributed by atoms with Crippen molar-refractivity contribution in [3.05, 3.63) is 21.9 Å². The summed E-state index contributed by atoms with van der Waals surface area (Å²) in [5.74, 6) is 0. The van der Waals surface area contributed by atoms with Crippen molar-refractivity contribution >= 4 is 11.3 Å². The van der Waals surface area contributed by atoms with Gasteiger partial charge in [-0.05, 0) is 29.9 Å².